The van der Waals surface area contributed by atoms with E-state index in [9.17, 15) is 8.42 Å². The Morgan fingerprint density at radius 1 is 1.31 bits per heavy atom. The zero-order chi connectivity index (χ0) is 18.6. The van der Waals surface area contributed by atoms with Gasteiger partial charge in [0.2, 0.25) is 10.0 Å². The first kappa shape index (κ1) is 19.0. The lowest BCUT2D eigenvalue weighted by atomic mass is 10.0. The van der Waals surface area contributed by atoms with Gasteiger partial charge in [-0.1, -0.05) is 31.2 Å². The van der Waals surface area contributed by atoms with Crippen LogP contribution in [-0.4, -0.2) is 55.9 Å². The van der Waals surface area contributed by atoms with Gasteiger partial charge in [0, 0.05) is 32.9 Å². The number of nitrogens with one attached hydrogen (secondary N) is 1. The lowest BCUT2D eigenvalue weighted by Crippen LogP contribution is -2.48. The van der Waals surface area contributed by atoms with Gasteiger partial charge in [-0.15, -0.1) is 0 Å². The van der Waals surface area contributed by atoms with Gasteiger partial charge in [0.1, 0.15) is 4.90 Å². The Bertz CT molecular complexity index is 817. The number of piperazine rings is 1. The predicted molar refractivity (Wildman–Crippen MR) is 99.4 cm³/mol. The highest BCUT2D eigenvalue weighted by atomic mass is 32.2. The first-order chi connectivity index (χ1) is 12.6. The molecule has 1 fully saturated rings. The Labute approximate surface area is 155 Å². The van der Waals surface area contributed by atoms with Crippen molar-refractivity contribution in [3.05, 3.63) is 47.8 Å². The molecule has 1 aliphatic heterocycles. The van der Waals surface area contributed by atoms with Gasteiger partial charge >= 0.3 is 0 Å². The molecule has 7 nitrogen and oxygen atoms in total. The summed E-state index contributed by atoms with van der Waals surface area (Å²) in [5.41, 5.74) is 2.25. The lowest BCUT2D eigenvalue weighted by Gasteiger charge is -2.35. The largest absolute Gasteiger partial charge is 0.383 e. The molecular formula is C18H26N4O3S. The highest BCUT2D eigenvalue weighted by Crippen LogP contribution is 2.29. The molecule has 26 heavy (non-hydrogen) atoms. The second-order valence-corrected chi connectivity index (χ2v) is 8.25. The number of benzene rings is 1. The van der Waals surface area contributed by atoms with Crippen LogP contribution in [-0.2, 0) is 27.7 Å². The minimum Gasteiger partial charge on any atom is -0.383 e. The van der Waals surface area contributed by atoms with Gasteiger partial charge in [0.05, 0.1) is 25.4 Å². The van der Waals surface area contributed by atoms with Crippen molar-refractivity contribution in [3.63, 3.8) is 0 Å². The summed E-state index contributed by atoms with van der Waals surface area (Å²) in [4.78, 5) is 0.227. The van der Waals surface area contributed by atoms with Gasteiger partial charge in [0.15, 0.2) is 0 Å². The Morgan fingerprint density at radius 3 is 2.77 bits per heavy atom. The van der Waals surface area contributed by atoms with Crippen LogP contribution >= 0.6 is 0 Å². The zero-order valence-electron chi connectivity index (χ0n) is 15.3. The van der Waals surface area contributed by atoms with Gasteiger partial charge in [-0.3, -0.25) is 4.68 Å². The fraction of sp³-hybridized carbons (Fsp3) is 0.500. The van der Waals surface area contributed by atoms with Gasteiger partial charge in [-0.25, -0.2) is 8.42 Å². The van der Waals surface area contributed by atoms with Crippen molar-refractivity contribution in [2.75, 3.05) is 33.4 Å². The van der Waals surface area contributed by atoms with Crippen molar-refractivity contribution < 1.29 is 13.2 Å². The topological polar surface area (TPSA) is 76.5 Å². The summed E-state index contributed by atoms with van der Waals surface area (Å²) in [6.07, 6.45) is 3.96. The summed E-state index contributed by atoms with van der Waals surface area (Å²) in [6, 6.07) is 7.97. The monoisotopic (exact) mass is 378 g/mol. The summed E-state index contributed by atoms with van der Waals surface area (Å²) < 4.78 is 34.6. The van der Waals surface area contributed by atoms with Crippen molar-refractivity contribution in [1.29, 1.82) is 0 Å². The van der Waals surface area contributed by atoms with Crippen LogP contribution in [0, 0.1) is 0 Å². The van der Waals surface area contributed by atoms with Gasteiger partial charge in [0.25, 0.3) is 0 Å². The molecule has 1 unspecified atom stereocenters. The molecule has 2 heterocycles. The maximum atomic E-state index is 13.2. The Kier molecular flexibility index (Phi) is 6.08. The number of aromatic nitrogens is 2. The molecule has 1 atom stereocenters. The number of hydrogen-bond acceptors (Lipinski definition) is 5. The van der Waals surface area contributed by atoms with Crippen LogP contribution in [0.4, 0.5) is 0 Å². The van der Waals surface area contributed by atoms with Crippen molar-refractivity contribution in [1.82, 2.24) is 19.4 Å². The van der Waals surface area contributed by atoms with E-state index in [1.165, 1.54) is 11.8 Å². The molecule has 142 valence electrons. The molecule has 0 amide bonds. The first-order valence-corrected chi connectivity index (χ1v) is 10.3. The predicted octanol–water partition coefficient (Wildman–Crippen LogP) is 1.43. The third-order valence-electron chi connectivity index (χ3n) is 4.71. The third-order valence-corrected chi connectivity index (χ3v) is 6.57. The normalized spacial score (nSPS) is 18.9. The lowest BCUT2D eigenvalue weighted by molar-refractivity contribution is 0.183. The molecule has 1 saturated heterocycles. The number of hydrogen-bond donors (Lipinski definition) is 1. The van der Waals surface area contributed by atoms with Gasteiger partial charge in [-0.05, 0) is 17.5 Å². The molecule has 1 N–H and O–H groups in total. The molecule has 3 rings (SSSR count). The average molecular weight is 378 g/mol. The Hall–Kier alpha value is -1.74. The van der Waals surface area contributed by atoms with E-state index in [0.717, 1.165) is 12.0 Å². The third kappa shape index (κ3) is 3.98. The maximum Gasteiger partial charge on any atom is 0.246 e. The molecule has 1 aliphatic rings. The number of aryl methyl sites for hydroxylation is 1. The van der Waals surface area contributed by atoms with Crippen LogP contribution < -0.4 is 5.32 Å². The molecule has 0 bridgehead atoms. The van der Waals surface area contributed by atoms with E-state index in [2.05, 4.69) is 29.5 Å². The molecule has 0 spiro atoms. The minimum absolute atomic E-state index is 0.220. The van der Waals surface area contributed by atoms with E-state index in [0.29, 0.717) is 32.8 Å². The summed E-state index contributed by atoms with van der Waals surface area (Å²) in [5.74, 6) is 0. The summed E-state index contributed by atoms with van der Waals surface area (Å²) in [7, 11) is -2.00. The summed E-state index contributed by atoms with van der Waals surface area (Å²) in [6.45, 7) is 4.79. The second kappa shape index (κ2) is 8.30. The van der Waals surface area contributed by atoms with E-state index in [-0.39, 0.29) is 10.9 Å². The maximum absolute atomic E-state index is 13.2. The average Bonchev–Trinajstić information content (AvgIpc) is 3.16. The van der Waals surface area contributed by atoms with E-state index >= 15 is 0 Å². The fourth-order valence-electron chi connectivity index (χ4n) is 3.15. The minimum atomic E-state index is -3.61. The van der Waals surface area contributed by atoms with Crippen molar-refractivity contribution in [2.24, 2.45) is 0 Å². The molecule has 0 radical (unpaired) electrons. The van der Waals surface area contributed by atoms with Crippen LogP contribution in [0.1, 0.15) is 24.1 Å². The van der Waals surface area contributed by atoms with E-state index in [4.69, 9.17) is 4.74 Å². The van der Waals surface area contributed by atoms with Crippen LogP contribution in [0.2, 0.25) is 0 Å². The molecular weight excluding hydrogens is 352 g/mol. The van der Waals surface area contributed by atoms with Crippen molar-refractivity contribution in [2.45, 2.75) is 30.8 Å². The number of methoxy groups -OCH3 is 1. The van der Waals surface area contributed by atoms with E-state index in [1.807, 2.05) is 12.1 Å². The molecule has 0 saturated carbocycles. The van der Waals surface area contributed by atoms with Gasteiger partial charge < -0.3 is 10.1 Å². The molecule has 1 aromatic carbocycles. The SMILES string of the molecule is CCc1ccc(C2CNCCN2S(=O)(=O)c2cnn(CCOC)c2)cc1. The van der Waals surface area contributed by atoms with Crippen LogP contribution in [0.15, 0.2) is 41.6 Å². The van der Waals surface area contributed by atoms with Crippen molar-refractivity contribution in [3.8, 4) is 0 Å². The number of nitrogens with zero attached hydrogens (tertiary/aromatic N) is 3. The quantitative estimate of drug-likeness (QED) is 0.789. The number of sulfonamides is 1. The summed E-state index contributed by atoms with van der Waals surface area (Å²) >= 11 is 0. The molecule has 1 aromatic heterocycles. The Morgan fingerprint density at radius 2 is 2.08 bits per heavy atom. The van der Waals surface area contributed by atoms with E-state index in [1.54, 1.807) is 22.3 Å². The highest BCUT2D eigenvalue weighted by molar-refractivity contribution is 7.89. The number of rotatable bonds is 7. The van der Waals surface area contributed by atoms with Crippen LogP contribution in [0.5, 0.6) is 0 Å². The summed E-state index contributed by atoms with van der Waals surface area (Å²) in [5, 5.41) is 7.46. The van der Waals surface area contributed by atoms with E-state index < -0.39 is 10.0 Å². The first-order valence-electron chi connectivity index (χ1n) is 8.89. The second-order valence-electron chi connectivity index (χ2n) is 6.36. The smallest absolute Gasteiger partial charge is 0.246 e. The van der Waals surface area contributed by atoms with Crippen molar-refractivity contribution >= 4 is 10.0 Å². The Balaban J connectivity index is 1.86. The molecule has 8 heteroatoms. The molecule has 0 aliphatic carbocycles. The fourth-order valence-corrected chi connectivity index (χ4v) is 4.72. The highest BCUT2D eigenvalue weighted by Gasteiger charge is 2.35. The zero-order valence-corrected chi connectivity index (χ0v) is 16.1. The standard InChI is InChI=1S/C18H26N4O3S/c1-3-15-4-6-16(7-5-15)18-13-19-8-9-22(18)26(23,24)17-12-20-21(14-17)10-11-25-2/h4-7,12,14,18-19H,3,8-11,13H2,1-2H3. The van der Waals surface area contributed by atoms with Crippen LogP contribution in [0.25, 0.3) is 0 Å². The number of ether oxygens (including phenoxy) is 1. The molecule has 2 aromatic rings. The van der Waals surface area contributed by atoms with Crippen LogP contribution in [0.3, 0.4) is 0 Å². The van der Waals surface area contributed by atoms with Gasteiger partial charge in [-0.2, -0.15) is 9.40 Å².